The van der Waals surface area contributed by atoms with E-state index in [2.05, 4.69) is 57.0 Å². The number of benzene rings is 1. The Morgan fingerprint density at radius 1 is 1.25 bits per heavy atom. The van der Waals surface area contributed by atoms with E-state index in [0.29, 0.717) is 0 Å². The first-order chi connectivity index (χ1) is 9.77. The summed E-state index contributed by atoms with van der Waals surface area (Å²) in [5.41, 5.74) is 3.73. The molecule has 0 aliphatic rings. The molecule has 0 amide bonds. The van der Waals surface area contributed by atoms with E-state index in [1.54, 1.807) is 12.5 Å². The zero-order valence-corrected chi connectivity index (χ0v) is 13.0. The Kier molecular flexibility index (Phi) is 3.94. The SMILES string of the molecule is Cc1c(Br)c2ccccc2n1CCNCc1ccoc1. The maximum atomic E-state index is 5.06. The Labute approximate surface area is 126 Å². The molecular formula is C16H17BrN2O. The summed E-state index contributed by atoms with van der Waals surface area (Å²) in [6.07, 6.45) is 3.48. The summed E-state index contributed by atoms with van der Waals surface area (Å²) in [4.78, 5) is 0. The molecule has 0 aliphatic heterocycles. The predicted octanol–water partition coefficient (Wildman–Crippen LogP) is 4.10. The summed E-state index contributed by atoms with van der Waals surface area (Å²) in [6, 6.07) is 10.5. The average molecular weight is 333 g/mol. The van der Waals surface area contributed by atoms with Gasteiger partial charge in [-0.05, 0) is 35.0 Å². The van der Waals surface area contributed by atoms with Crippen molar-refractivity contribution >= 4 is 26.8 Å². The van der Waals surface area contributed by atoms with Crippen LogP contribution in [0.1, 0.15) is 11.3 Å². The van der Waals surface area contributed by atoms with Crippen molar-refractivity contribution in [2.24, 2.45) is 0 Å². The highest BCUT2D eigenvalue weighted by atomic mass is 79.9. The quantitative estimate of drug-likeness (QED) is 0.713. The first-order valence-electron chi connectivity index (χ1n) is 6.72. The van der Waals surface area contributed by atoms with Gasteiger partial charge in [0.25, 0.3) is 0 Å². The van der Waals surface area contributed by atoms with Crippen LogP contribution < -0.4 is 5.32 Å². The fourth-order valence-electron chi connectivity index (χ4n) is 2.49. The highest BCUT2D eigenvalue weighted by molar-refractivity contribution is 9.10. The van der Waals surface area contributed by atoms with Crippen LogP contribution in [0.15, 0.2) is 51.7 Å². The minimum Gasteiger partial charge on any atom is -0.472 e. The lowest BCUT2D eigenvalue weighted by atomic mass is 10.2. The molecule has 0 aliphatic carbocycles. The number of nitrogens with one attached hydrogen (secondary N) is 1. The van der Waals surface area contributed by atoms with E-state index < -0.39 is 0 Å². The maximum absolute atomic E-state index is 5.06. The van der Waals surface area contributed by atoms with Gasteiger partial charge < -0.3 is 14.3 Å². The summed E-state index contributed by atoms with van der Waals surface area (Å²) in [5.74, 6) is 0. The molecular weight excluding hydrogens is 316 g/mol. The lowest BCUT2D eigenvalue weighted by Gasteiger charge is -2.09. The van der Waals surface area contributed by atoms with Gasteiger partial charge in [-0.15, -0.1) is 0 Å². The summed E-state index contributed by atoms with van der Waals surface area (Å²) >= 11 is 3.69. The Morgan fingerprint density at radius 3 is 2.90 bits per heavy atom. The zero-order chi connectivity index (χ0) is 13.9. The van der Waals surface area contributed by atoms with Gasteiger partial charge >= 0.3 is 0 Å². The van der Waals surface area contributed by atoms with Crippen molar-refractivity contribution < 1.29 is 4.42 Å². The van der Waals surface area contributed by atoms with Crippen molar-refractivity contribution in [3.05, 3.63) is 58.6 Å². The number of hydrogen-bond donors (Lipinski definition) is 1. The molecule has 0 spiro atoms. The van der Waals surface area contributed by atoms with Gasteiger partial charge in [0.15, 0.2) is 0 Å². The second kappa shape index (κ2) is 5.85. The van der Waals surface area contributed by atoms with Crippen LogP contribution in [0.2, 0.25) is 0 Å². The van der Waals surface area contributed by atoms with Gasteiger partial charge in [0.05, 0.1) is 12.5 Å². The van der Waals surface area contributed by atoms with Crippen LogP contribution in [-0.2, 0) is 13.1 Å². The molecule has 1 aromatic carbocycles. The van der Waals surface area contributed by atoms with Crippen LogP contribution in [0, 0.1) is 6.92 Å². The average Bonchev–Trinajstić information content (AvgIpc) is 3.06. The minimum absolute atomic E-state index is 0.843. The second-order valence-electron chi connectivity index (χ2n) is 4.88. The smallest absolute Gasteiger partial charge is 0.0947 e. The summed E-state index contributed by atoms with van der Waals surface area (Å²) in [6.45, 7) is 4.88. The molecule has 0 saturated heterocycles. The molecule has 2 heterocycles. The Balaban J connectivity index is 1.70. The summed E-state index contributed by atoms with van der Waals surface area (Å²) in [7, 11) is 0. The third-order valence-electron chi connectivity index (χ3n) is 3.58. The van der Waals surface area contributed by atoms with Crippen molar-refractivity contribution in [1.29, 1.82) is 0 Å². The summed E-state index contributed by atoms with van der Waals surface area (Å²) < 4.78 is 8.60. The van der Waals surface area contributed by atoms with Gasteiger partial charge in [-0.25, -0.2) is 0 Å². The zero-order valence-electron chi connectivity index (χ0n) is 11.4. The van der Waals surface area contributed by atoms with E-state index >= 15 is 0 Å². The third kappa shape index (κ3) is 2.53. The third-order valence-corrected chi connectivity index (χ3v) is 4.58. The molecule has 4 heteroatoms. The van der Waals surface area contributed by atoms with Crippen LogP contribution in [0.4, 0.5) is 0 Å². The number of furan rings is 1. The Morgan fingerprint density at radius 2 is 2.10 bits per heavy atom. The van der Waals surface area contributed by atoms with Gasteiger partial charge in [0, 0.05) is 46.3 Å². The fraction of sp³-hybridized carbons (Fsp3) is 0.250. The molecule has 3 aromatic rings. The van der Waals surface area contributed by atoms with Crippen LogP contribution in [0.25, 0.3) is 10.9 Å². The maximum Gasteiger partial charge on any atom is 0.0947 e. The van der Waals surface area contributed by atoms with E-state index in [-0.39, 0.29) is 0 Å². The highest BCUT2D eigenvalue weighted by Crippen LogP contribution is 2.30. The number of halogens is 1. The van der Waals surface area contributed by atoms with Gasteiger partial charge in [-0.3, -0.25) is 0 Å². The highest BCUT2D eigenvalue weighted by Gasteiger charge is 2.10. The topological polar surface area (TPSA) is 30.1 Å². The predicted molar refractivity (Wildman–Crippen MR) is 84.8 cm³/mol. The molecule has 0 radical (unpaired) electrons. The molecule has 2 aromatic heterocycles. The number of aromatic nitrogens is 1. The van der Waals surface area contributed by atoms with Gasteiger partial charge in [0.1, 0.15) is 0 Å². The number of hydrogen-bond acceptors (Lipinski definition) is 2. The molecule has 0 bridgehead atoms. The van der Waals surface area contributed by atoms with Crippen LogP contribution in [-0.4, -0.2) is 11.1 Å². The van der Waals surface area contributed by atoms with Crippen molar-refractivity contribution in [2.45, 2.75) is 20.0 Å². The molecule has 104 valence electrons. The molecule has 3 rings (SSSR count). The lowest BCUT2D eigenvalue weighted by Crippen LogP contribution is -2.19. The molecule has 0 fully saturated rings. The fourth-order valence-corrected chi connectivity index (χ4v) is 3.04. The number of para-hydroxylation sites is 1. The van der Waals surface area contributed by atoms with Crippen LogP contribution in [0.3, 0.4) is 0 Å². The molecule has 0 unspecified atom stereocenters. The first-order valence-corrected chi connectivity index (χ1v) is 7.52. The van der Waals surface area contributed by atoms with E-state index in [1.165, 1.54) is 26.6 Å². The monoisotopic (exact) mass is 332 g/mol. The minimum atomic E-state index is 0.843. The largest absolute Gasteiger partial charge is 0.472 e. The Hall–Kier alpha value is -1.52. The number of rotatable bonds is 5. The second-order valence-corrected chi connectivity index (χ2v) is 5.67. The van der Waals surface area contributed by atoms with Gasteiger partial charge in [0.2, 0.25) is 0 Å². The number of nitrogens with zero attached hydrogens (tertiary/aromatic N) is 1. The van der Waals surface area contributed by atoms with Crippen LogP contribution >= 0.6 is 15.9 Å². The molecule has 0 atom stereocenters. The van der Waals surface area contributed by atoms with Crippen LogP contribution in [0.5, 0.6) is 0 Å². The normalized spacial score (nSPS) is 11.3. The molecule has 3 nitrogen and oxygen atoms in total. The van der Waals surface area contributed by atoms with Gasteiger partial charge in [-0.1, -0.05) is 18.2 Å². The van der Waals surface area contributed by atoms with Gasteiger partial charge in [-0.2, -0.15) is 0 Å². The molecule has 20 heavy (non-hydrogen) atoms. The number of fused-ring (bicyclic) bond motifs is 1. The van der Waals surface area contributed by atoms with Crippen molar-refractivity contribution in [1.82, 2.24) is 9.88 Å². The van der Waals surface area contributed by atoms with Crippen molar-refractivity contribution in [3.8, 4) is 0 Å². The van der Waals surface area contributed by atoms with E-state index in [4.69, 9.17) is 4.42 Å². The van der Waals surface area contributed by atoms with Crippen molar-refractivity contribution in [3.63, 3.8) is 0 Å². The van der Waals surface area contributed by atoms with E-state index in [0.717, 1.165) is 19.6 Å². The lowest BCUT2D eigenvalue weighted by molar-refractivity contribution is 0.556. The van der Waals surface area contributed by atoms with E-state index in [1.807, 2.05) is 6.07 Å². The standard InChI is InChI=1S/C16H17BrN2O/c1-12-16(17)14-4-2-3-5-15(14)19(12)8-7-18-10-13-6-9-20-11-13/h2-6,9,11,18H,7-8,10H2,1H3. The van der Waals surface area contributed by atoms with E-state index in [9.17, 15) is 0 Å². The van der Waals surface area contributed by atoms with Crippen molar-refractivity contribution in [2.75, 3.05) is 6.54 Å². The molecule has 0 saturated carbocycles. The first kappa shape index (κ1) is 13.5. The summed E-state index contributed by atoms with van der Waals surface area (Å²) in [5, 5.41) is 4.72. The molecule has 1 N–H and O–H groups in total. The Bertz CT molecular complexity index is 701.